The summed E-state index contributed by atoms with van der Waals surface area (Å²) in [5.74, 6) is 0.804. The molecule has 5 nitrogen and oxygen atoms in total. The number of thiazole rings is 1. The minimum absolute atomic E-state index is 0. The Morgan fingerprint density at radius 3 is 2.72 bits per heavy atom. The van der Waals surface area contributed by atoms with Gasteiger partial charge in [-0.05, 0) is 19.8 Å². The summed E-state index contributed by atoms with van der Waals surface area (Å²) in [6.07, 6.45) is -1.44. The third-order valence-electron chi connectivity index (χ3n) is 3.92. The van der Waals surface area contributed by atoms with Crippen molar-refractivity contribution in [2.45, 2.75) is 44.9 Å². The lowest BCUT2D eigenvalue weighted by Gasteiger charge is -2.14. The van der Waals surface area contributed by atoms with Crippen molar-refractivity contribution in [3.63, 3.8) is 0 Å². The van der Waals surface area contributed by atoms with Crippen molar-refractivity contribution >= 4 is 41.3 Å². The first-order valence-electron chi connectivity index (χ1n) is 8.12. The van der Waals surface area contributed by atoms with Crippen LogP contribution in [0.3, 0.4) is 0 Å². The molecule has 2 atom stereocenters. The number of halogens is 4. The van der Waals surface area contributed by atoms with Gasteiger partial charge < -0.3 is 15.7 Å². The van der Waals surface area contributed by atoms with Gasteiger partial charge in [-0.2, -0.15) is 13.2 Å². The standard InChI is InChI=1S/C15H23F3N4OS.HI/c1-2-19-14(21-8-10-4-3-5-11(10)23)20-7-6-13-22-12(9-24-13)15(16,17)18;/h9-11,23H,2-8H2,1H3,(H2,19,20,21);1H. The molecular weight excluding hydrogens is 468 g/mol. The number of guanidine groups is 1. The maximum atomic E-state index is 12.5. The van der Waals surface area contributed by atoms with E-state index < -0.39 is 11.9 Å². The number of aliphatic imine (C=N–C) groups is 1. The third-order valence-corrected chi connectivity index (χ3v) is 4.83. The Bertz CT molecular complexity index is 553. The molecule has 1 aromatic heterocycles. The molecule has 25 heavy (non-hydrogen) atoms. The fourth-order valence-electron chi connectivity index (χ4n) is 2.62. The van der Waals surface area contributed by atoms with Gasteiger partial charge in [0.15, 0.2) is 11.7 Å². The van der Waals surface area contributed by atoms with Gasteiger partial charge in [-0.1, -0.05) is 6.42 Å². The maximum Gasteiger partial charge on any atom is 0.434 e. The summed E-state index contributed by atoms with van der Waals surface area (Å²) in [6.45, 7) is 3.63. The SMILES string of the molecule is CCNC(=NCC1CCCC1O)NCCc1nc(C(F)(F)F)cs1.I. The molecule has 0 aromatic carbocycles. The molecule has 1 heterocycles. The molecule has 1 fully saturated rings. The van der Waals surface area contributed by atoms with E-state index in [0.717, 1.165) is 36.0 Å². The Hall–Kier alpha value is -0.620. The number of nitrogens with zero attached hydrogens (tertiary/aromatic N) is 2. The lowest BCUT2D eigenvalue weighted by Crippen LogP contribution is -2.39. The number of alkyl halides is 3. The summed E-state index contributed by atoms with van der Waals surface area (Å²) in [7, 11) is 0. The van der Waals surface area contributed by atoms with Crippen LogP contribution in [0.15, 0.2) is 10.4 Å². The largest absolute Gasteiger partial charge is 0.434 e. The van der Waals surface area contributed by atoms with Crippen molar-refractivity contribution in [1.29, 1.82) is 0 Å². The van der Waals surface area contributed by atoms with Crippen LogP contribution in [0.5, 0.6) is 0 Å². The van der Waals surface area contributed by atoms with Crippen LogP contribution in [0.1, 0.15) is 36.9 Å². The average Bonchev–Trinajstić information content (AvgIpc) is 3.13. The third kappa shape index (κ3) is 7.26. The monoisotopic (exact) mass is 492 g/mol. The molecule has 0 bridgehead atoms. The average molecular weight is 492 g/mol. The van der Waals surface area contributed by atoms with E-state index in [0.29, 0.717) is 37.0 Å². The second kappa shape index (κ2) is 10.5. The molecule has 0 aliphatic heterocycles. The molecule has 1 aliphatic rings. The van der Waals surface area contributed by atoms with Crippen LogP contribution in [0.2, 0.25) is 0 Å². The smallest absolute Gasteiger partial charge is 0.393 e. The summed E-state index contributed by atoms with van der Waals surface area (Å²) in [6, 6.07) is 0. The molecule has 2 unspecified atom stereocenters. The zero-order chi connectivity index (χ0) is 17.6. The second-order valence-electron chi connectivity index (χ2n) is 5.78. The Morgan fingerprint density at radius 1 is 1.40 bits per heavy atom. The summed E-state index contributed by atoms with van der Waals surface area (Å²) >= 11 is 1.01. The van der Waals surface area contributed by atoms with E-state index >= 15 is 0 Å². The number of aromatic nitrogens is 1. The van der Waals surface area contributed by atoms with Gasteiger partial charge in [0.2, 0.25) is 0 Å². The van der Waals surface area contributed by atoms with Crippen molar-refractivity contribution in [3.05, 3.63) is 16.1 Å². The van der Waals surface area contributed by atoms with Crippen LogP contribution in [0, 0.1) is 5.92 Å². The second-order valence-corrected chi connectivity index (χ2v) is 6.72. The van der Waals surface area contributed by atoms with Gasteiger partial charge in [0.05, 0.1) is 11.1 Å². The Labute approximate surface area is 166 Å². The van der Waals surface area contributed by atoms with Crippen LogP contribution in [0.25, 0.3) is 0 Å². The number of rotatable bonds is 6. The predicted octanol–water partition coefficient (Wildman–Crippen LogP) is 3.04. The van der Waals surface area contributed by atoms with Crippen molar-refractivity contribution in [3.8, 4) is 0 Å². The van der Waals surface area contributed by atoms with E-state index in [-0.39, 0.29) is 36.0 Å². The summed E-state index contributed by atoms with van der Waals surface area (Å²) in [4.78, 5) is 8.06. The van der Waals surface area contributed by atoms with Crippen molar-refractivity contribution in [1.82, 2.24) is 15.6 Å². The fraction of sp³-hybridized carbons (Fsp3) is 0.733. The first kappa shape index (κ1) is 22.4. The summed E-state index contributed by atoms with van der Waals surface area (Å²) in [5, 5.41) is 17.5. The highest BCUT2D eigenvalue weighted by molar-refractivity contribution is 14.0. The molecule has 3 N–H and O–H groups in total. The molecule has 0 amide bonds. The predicted molar refractivity (Wildman–Crippen MR) is 104 cm³/mol. The zero-order valence-corrected chi connectivity index (χ0v) is 17.1. The minimum Gasteiger partial charge on any atom is -0.393 e. The molecule has 1 aliphatic carbocycles. The number of nitrogens with one attached hydrogen (secondary N) is 2. The lowest BCUT2D eigenvalue weighted by molar-refractivity contribution is -0.140. The lowest BCUT2D eigenvalue weighted by atomic mass is 10.1. The Kier molecular flexibility index (Phi) is 9.43. The van der Waals surface area contributed by atoms with E-state index in [1.54, 1.807) is 0 Å². The van der Waals surface area contributed by atoms with Crippen LogP contribution in [-0.2, 0) is 12.6 Å². The normalized spacial score (nSPS) is 21.1. The summed E-state index contributed by atoms with van der Waals surface area (Å²) in [5.41, 5.74) is -0.835. The quantitative estimate of drug-likeness (QED) is 0.325. The topological polar surface area (TPSA) is 69.5 Å². The Morgan fingerprint density at radius 2 is 2.16 bits per heavy atom. The van der Waals surface area contributed by atoms with Gasteiger partial charge in [0.25, 0.3) is 0 Å². The van der Waals surface area contributed by atoms with E-state index in [4.69, 9.17) is 0 Å². The van der Waals surface area contributed by atoms with Gasteiger partial charge in [0, 0.05) is 37.4 Å². The van der Waals surface area contributed by atoms with Crippen LogP contribution in [-0.4, -0.2) is 41.8 Å². The molecule has 10 heteroatoms. The number of aliphatic hydroxyl groups excluding tert-OH is 1. The van der Waals surface area contributed by atoms with E-state index in [2.05, 4.69) is 20.6 Å². The van der Waals surface area contributed by atoms with Gasteiger partial charge in [0.1, 0.15) is 0 Å². The molecule has 0 saturated heterocycles. The number of hydrogen-bond donors (Lipinski definition) is 3. The van der Waals surface area contributed by atoms with Gasteiger partial charge in [-0.25, -0.2) is 4.98 Å². The van der Waals surface area contributed by atoms with E-state index in [1.807, 2.05) is 6.92 Å². The first-order chi connectivity index (χ1) is 11.4. The van der Waals surface area contributed by atoms with Gasteiger partial charge >= 0.3 is 6.18 Å². The molecule has 2 rings (SSSR count). The molecular formula is C15H24F3IN4OS. The molecule has 144 valence electrons. The number of aliphatic hydroxyl groups is 1. The summed E-state index contributed by atoms with van der Waals surface area (Å²) < 4.78 is 37.5. The van der Waals surface area contributed by atoms with Crippen molar-refractivity contribution < 1.29 is 18.3 Å². The molecule has 1 saturated carbocycles. The highest BCUT2D eigenvalue weighted by Gasteiger charge is 2.33. The van der Waals surface area contributed by atoms with E-state index in [1.165, 1.54) is 0 Å². The van der Waals surface area contributed by atoms with Crippen LogP contribution in [0.4, 0.5) is 13.2 Å². The zero-order valence-electron chi connectivity index (χ0n) is 14.0. The van der Waals surface area contributed by atoms with E-state index in [9.17, 15) is 18.3 Å². The molecule has 0 radical (unpaired) electrons. The maximum absolute atomic E-state index is 12.5. The van der Waals surface area contributed by atoms with Gasteiger partial charge in [-0.3, -0.25) is 4.99 Å². The molecule has 1 aromatic rings. The molecule has 0 spiro atoms. The highest BCUT2D eigenvalue weighted by atomic mass is 127. The minimum atomic E-state index is -4.39. The number of hydrogen-bond acceptors (Lipinski definition) is 4. The van der Waals surface area contributed by atoms with Gasteiger partial charge in [-0.15, -0.1) is 35.3 Å². The Balaban J connectivity index is 0.00000312. The highest BCUT2D eigenvalue weighted by Crippen LogP contribution is 2.30. The van der Waals surface area contributed by atoms with Crippen molar-refractivity contribution in [2.75, 3.05) is 19.6 Å². The van der Waals surface area contributed by atoms with Crippen LogP contribution >= 0.6 is 35.3 Å². The van der Waals surface area contributed by atoms with Crippen LogP contribution < -0.4 is 10.6 Å². The first-order valence-corrected chi connectivity index (χ1v) is 9.00. The van der Waals surface area contributed by atoms with Crippen molar-refractivity contribution in [2.24, 2.45) is 10.9 Å². The fourth-order valence-corrected chi connectivity index (χ4v) is 3.43.